The summed E-state index contributed by atoms with van der Waals surface area (Å²) in [4.78, 5) is 15.4. The normalized spacial score (nSPS) is 10.4. The second-order valence-corrected chi connectivity index (χ2v) is 4.25. The Hall–Kier alpha value is -1.62. The second kappa shape index (κ2) is 4.27. The first-order valence-corrected chi connectivity index (χ1v) is 5.23. The summed E-state index contributed by atoms with van der Waals surface area (Å²) in [6.45, 7) is 0. The molecule has 0 aliphatic rings. The second-order valence-electron chi connectivity index (χ2n) is 3.05. The van der Waals surface area contributed by atoms with Crippen LogP contribution in [0.3, 0.4) is 0 Å². The van der Waals surface area contributed by atoms with Crippen molar-refractivity contribution in [2.45, 2.75) is 12.8 Å². The van der Waals surface area contributed by atoms with E-state index in [1.165, 1.54) is 11.3 Å². The molecule has 2 rings (SSSR count). The van der Waals surface area contributed by atoms with Crippen molar-refractivity contribution in [2.75, 3.05) is 0 Å². The van der Waals surface area contributed by atoms with E-state index in [1.54, 1.807) is 12.5 Å². The van der Waals surface area contributed by atoms with Crippen LogP contribution in [0.25, 0.3) is 0 Å². The van der Waals surface area contributed by atoms with E-state index in [2.05, 4.69) is 4.98 Å². The molecular formula is C10H9NO3S. The van der Waals surface area contributed by atoms with Gasteiger partial charge in [0.1, 0.15) is 10.8 Å². The number of hydrogen-bond acceptors (Lipinski definition) is 4. The summed E-state index contributed by atoms with van der Waals surface area (Å²) in [7, 11) is 0. The first-order chi connectivity index (χ1) is 7.24. The fourth-order valence-corrected chi connectivity index (χ4v) is 2.15. The minimum Gasteiger partial charge on any atom is -0.481 e. The molecule has 0 amide bonds. The maximum absolute atomic E-state index is 10.5. The van der Waals surface area contributed by atoms with Crippen LogP contribution < -0.4 is 0 Å². The molecule has 4 nitrogen and oxygen atoms in total. The predicted molar refractivity (Wildman–Crippen MR) is 55.0 cm³/mol. The van der Waals surface area contributed by atoms with Crippen molar-refractivity contribution >= 4 is 17.3 Å². The lowest BCUT2D eigenvalue weighted by atomic mass is 10.3. The molecule has 0 fully saturated rings. The lowest BCUT2D eigenvalue weighted by Crippen LogP contribution is -1.97. The zero-order valence-electron chi connectivity index (χ0n) is 7.84. The third kappa shape index (κ3) is 2.66. The van der Waals surface area contributed by atoms with E-state index in [1.807, 2.05) is 12.1 Å². The van der Waals surface area contributed by atoms with Gasteiger partial charge in [0.25, 0.3) is 0 Å². The first kappa shape index (κ1) is 9.92. The van der Waals surface area contributed by atoms with Gasteiger partial charge in [0.15, 0.2) is 0 Å². The zero-order chi connectivity index (χ0) is 10.7. The van der Waals surface area contributed by atoms with Crippen molar-refractivity contribution in [2.24, 2.45) is 0 Å². The van der Waals surface area contributed by atoms with Crippen LogP contribution in [-0.4, -0.2) is 16.1 Å². The minimum absolute atomic E-state index is 0.0375. The molecule has 2 heterocycles. The molecule has 5 heteroatoms. The summed E-state index contributed by atoms with van der Waals surface area (Å²) in [5.41, 5.74) is 0. The topological polar surface area (TPSA) is 63.3 Å². The van der Waals surface area contributed by atoms with Crippen LogP contribution in [0, 0.1) is 0 Å². The maximum Gasteiger partial charge on any atom is 0.308 e. The van der Waals surface area contributed by atoms with Crippen LogP contribution in [0.5, 0.6) is 0 Å². The van der Waals surface area contributed by atoms with E-state index in [-0.39, 0.29) is 6.42 Å². The van der Waals surface area contributed by atoms with E-state index < -0.39 is 5.97 Å². The predicted octanol–water partition coefficient (Wildman–Crippen LogP) is 1.95. The van der Waals surface area contributed by atoms with Crippen LogP contribution in [0.4, 0.5) is 0 Å². The van der Waals surface area contributed by atoms with E-state index in [9.17, 15) is 4.79 Å². The Labute approximate surface area is 90.2 Å². The molecule has 2 aromatic rings. The Balaban J connectivity index is 2.04. The fraction of sp³-hybridized carbons (Fsp3) is 0.200. The van der Waals surface area contributed by atoms with Crippen LogP contribution in [0.15, 0.2) is 29.0 Å². The van der Waals surface area contributed by atoms with Crippen molar-refractivity contribution in [1.82, 2.24) is 4.98 Å². The molecule has 0 unspecified atom stereocenters. The van der Waals surface area contributed by atoms with Gasteiger partial charge in [-0.1, -0.05) is 0 Å². The van der Waals surface area contributed by atoms with Crippen molar-refractivity contribution < 1.29 is 14.3 Å². The summed E-state index contributed by atoms with van der Waals surface area (Å²) in [6, 6.07) is 3.69. The van der Waals surface area contributed by atoms with Gasteiger partial charge in [0, 0.05) is 11.1 Å². The molecule has 15 heavy (non-hydrogen) atoms. The molecular weight excluding hydrogens is 214 g/mol. The Kier molecular flexibility index (Phi) is 2.82. The Bertz CT molecular complexity index is 447. The highest BCUT2D eigenvalue weighted by atomic mass is 32.1. The summed E-state index contributed by atoms with van der Waals surface area (Å²) >= 11 is 1.41. The van der Waals surface area contributed by atoms with E-state index in [0.717, 1.165) is 15.6 Å². The molecule has 78 valence electrons. The van der Waals surface area contributed by atoms with Crippen LogP contribution in [0.2, 0.25) is 0 Å². The Morgan fingerprint density at radius 2 is 2.47 bits per heavy atom. The van der Waals surface area contributed by atoms with Gasteiger partial charge in [0.05, 0.1) is 19.1 Å². The molecule has 0 aromatic carbocycles. The van der Waals surface area contributed by atoms with Gasteiger partial charge in [-0.15, -0.1) is 11.3 Å². The van der Waals surface area contributed by atoms with Gasteiger partial charge >= 0.3 is 5.97 Å². The van der Waals surface area contributed by atoms with Crippen molar-refractivity contribution in [3.8, 4) is 0 Å². The van der Waals surface area contributed by atoms with Crippen molar-refractivity contribution in [3.63, 3.8) is 0 Å². The number of rotatable bonds is 4. The largest absolute Gasteiger partial charge is 0.481 e. The van der Waals surface area contributed by atoms with Crippen molar-refractivity contribution in [3.05, 3.63) is 40.2 Å². The lowest BCUT2D eigenvalue weighted by molar-refractivity contribution is -0.136. The Morgan fingerprint density at radius 1 is 1.60 bits per heavy atom. The fourth-order valence-electron chi connectivity index (χ4n) is 1.22. The average molecular weight is 223 g/mol. The van der Waals surface area contributed by atoms with Gasteiger partial charge < -0.3 is 9.52 Å². The molecule has 0 saturated carbocycles. The summed E-state index contributed by atoms with van der Waals surface area (Å²) in [5, 5.41) is 9.47. The molecule has 1 N–H and O–H groups in total. The Morgan fingerprint density at radius 3 is 3.13 bits per heavy atom. The molecule has 0 spiro atoms. The smallest absolute Gasteiger partial charge is 0.308 e. The first-order valence-electron chi connectivity index (χ1n) is 4.42. The van der Waals surface area contributed by atoms with Gasteiger partial charge in [-0.3, -0.25) is 4.79 Å². The number of carboxylic acid groups (broad SMARTS) is 1. The molecule has 2 aromatic heterocycles. The SMILES string of the molecule is O=C(O)Cc1cnc(Cc2ccco2)s1. The number of furan rings is 1. The number of hydrogen-bond donors (Lipinski definition) is 1. The van der Waals surface area contributed by atoms with Gasteiger partial charge in [0.2, 0.25) is 0 Å². The van der Waals surface area contributed by atoms with Gasteiger partial charge in [-0.25, -0.2) is 4.98 Å². The lowest BCUT2D eigenvalue weighted by Gasteiger charge is -1.90. The standard InChI is InChI=1S/C10H9NO3S/c12-10(13)5-8-6-11-9(15-8)4-7-2-1-3-14-7/h1-3,6H,4-5H2,(H,12,13). The number of thiazole rings is 1. The average Bonchev–Trinajstić information content (AvgIpc) is 2.77. The van der Waals surface area contributed by atoms with Crippen LogP contribution in [-0.2, 0) is 17.6 Å². The zero-order valence-corrected chi connectivity index (χ0v) is 8.66. The number of carbonyl (C=O) groups is 1. The minimum atomic E-state index is -0.830. The van der Waals surface area contributed by atoms with E-state index in [4.69, 9.17) is 9.52 Å². The van der Waals surface area contributed by atoms with Crippen LogP contribution >= 0.6 is 11.3 Å². The summed E-state index contributed by atoms with van der Waals surface area (Å²) in [6.07, 6.45) is 3.88. The molecule has 0 aliphatic heterocycles. The van der Waals surface area contributed by atoms with Crippen molar-refractivity contribution in [1.29, 1.82) is 0 Å². The molecule has 0 saturated heterocycles. The summed E-state index contributed by atoms with van der Waals surface area (Å²) in [5.74, 6) is 0.00873. The third-order valence-corrected chi connectivity index (χ3v) is 2.83. The third-order valence-electron chi connectivity index (χ3n) is 1.83. The molecule has 0 aliphatic carbocycles. The number of aromatic nitrogens is 1. The number of aliphatic carboxylic acids is 1. The maximum atomic E-state index is 10.5. The van der Waals surface area contributed by atoms with Gasteiger partial charge in [-0.05, 0) is 12.1 Å². The van der Waals surface area contributed by atoms with E-state index >= 15 is 0 Å². The highest BCUT2D eigenvalue weighted by molar-refractivity contribution is 7.11. The molecule has 0 atom stereocenters. The monoisotopic (exact) mass is 223 g/mol. The highest BCUT2D eigenvalue weighted by Gasteiger charge is 2.07. The number of carboxylic acids is 1. The van der Waals surface area contributed by atoms with E-state index in [0.29, 0.717) is 6.42 Å². The van der Waals surface area contributed by atoms with Crippen LogP contribution in [0.1, 0.15) is 15.6 Å². The van der Waals surface area contributed by atoms with Gasteiger partial charge in [-0.2, -0.15) is 0 Å². The number of nitrogens with zero attached hydrogens (tertiary/aromatic N) is 1. The molecule has 0 bridgehead atoms. The summed E-state index contributed by atoms with van der Waals surface area (Å²) < 4.78 is 5.18. The quantitative estimate of drug-likeness (QED) is 0.860. The highest BCUT2D eigenvalue weighted by Crippen LogP contribution is 2.17. The molecule has 0 radical (unpaired) electrons.